The molecule has 0 aromatic carbocycles. The van der Waals surface area contributed by atoms with E-state index in [0.29, 0.717) is 12.0 Å². The highest BCUT2D eigenvalue weighted by atomic mass is 16.5. The maximum atomic E-state index is 5.69. The van der Waals surface area contributed by atoms with Gasteiger partial charge in [-0.1, -0.05) is 13.8 Å². The fourth-order valence-electron chi connectivity index (χ4n) is 1.91. The van der Waals surface area contributed by atoms with E-state index >= 15 is 0 Å². The van der Waals surface area contributed by atoms with Crippen molar-refractivity contribution in [2.75, 3.05) is 13.2 Å². The van der Waals surface area contributed by atoms with Crippen molar-refractivity contribution in [2.45, 2.75) is 33.3 Å². The minimum atomic E-state index is 0.246. The molecule has 2 atom stereocenters. The van der Waals surface area contributed by atoms with Crippen molar-refractivity contribution < 1.29 is 4.74 Å². The van der Waals surface area contributed by atoms with Crippen LogP contribution in [0.5, 0.6) is 0 Å². The summed E-state index contributed by atoms with van der Waals surface area (Å²) in [5.41, 5.74) is 5.94. The minimum absolute atomic E-state index is 0.246. The molecule has 2 unspecified atom stereocenters. The number of hydrogen-bond acceptors (Lipinski definition) is 2. The van der Waals surface area contributed by atoms with Crippen molar-refractivity contribution in [3.05, 3.63) is 0 Å². The van der Waals surface area contributed by atoms with Gasteiger partial charge in [-0.3, -0.25) is 0 Å². The van der Waals surface area contributed by atoms with E-state index in [4.69, 9.17) is 10.5 Å². The van der Waals surface area contributed by atoms with E-state index in [1.54, 1.807) is 0 Å². The molecule has 2 nitrogen and oxygen atoms in total. The SMILES string of the molecule is CC1OCCC1C(C)(C)CN. The highest BCUT2D eigenvalue weighted by Crippen LogP contribution is 2.36. The normalized spacial score (nSPS) is 32.7. The molecular weight excluding hydrogens is 138 g/mol. The summed E-state index contributed by atoms with van der Waals surface area (Å²) in [4.78, 5) is 0. The van der Waals surface area contributed by atoms with E-state index in [9.17, 15) is 0 Å². The molecule has 1 aliphatic rings. The number of ether oxygens (including phenoxy) is 1. The van der Waals surface area contributed by atoms with Crippen LogP contribution in [0.1, 0.15) is 27.2 Å². The number of rotatable bonds is 2. The van der Waals surface area contributed by atoms with E-state index in [1.165, 1.54) is 6.42 Å². The molecule has 66 valence electrons. The lowest BCUT2D eigenvalue weighted by Crippen LogP contribution is -2.35. The minimum Gasteiger partial charge on any atom is -0.378 e. The third-order valence-electron chi connectivity index (χ3n) is 2.91. The lowest BCUT2D eigenvalue weighted by atomic mass is 9.75. The molecule has 0 spiro atoms. The average molecular weight is 157 g/mol. The first-order valence-electron chi connectivity index (χ1n) is 4.39. The first kappa shape index (κ1) is 9.01. The largest absolute Gasteiger partial charge is 0.378 e. The summed E-state index contributed by atoms with van der Waals surface area (Å²) in [7, 11) is 0. The Bertz CT molecular complexity index is 134. The summed E-state index contributed by atoms with van der Waals surface area (Å²) in [6, 6.07) is 0. The first-order valence-corrected chi connectivity index (χ1v) is 4.39. The molecular formula is C9H19NO. The molecule has 1 rings (SSSR count). The van der Waals surface area contributed by atoms with Crippen LogP contribution in [-0.4, -0.2) is 19.3 Å². The zero-order valence-electron chi connectivity index (χ0n) is 7.76. The Morgan fingerprint density at radius 2 is 2.18 bits per heavy atom. The van der Waals surface area contributed by atoms with Crippen LogP contribution in [0.15, 0.2) is 0 Å². The highest BCUT2D eigenvalue weighted by molar-refractivity contribution is 4.86. The molecule has 0 aromatic heterocycles. The van der Waals surface area contributed by atoms with Crippen LogP contribution in [0, 0.1) is 11.3 Å². The van der Waals surface area contributed by atoms with Crippen LogP contribution in [0.4, 0.5) is 0 Å². The van der Waals surface area contributed by atoms with Gasteiger partial charge in [-0.05, 0) is 31.2 Å². The molecule has 1 heterocycles. The van der Waals surface area contributed by atoms with Gasteiger partial charge in [-0.25, -0.2) is 0 Å². The summed E-state index contributed by atoms with van der Waals surface area (Å²) in [5.74, 6) is 0.646. The fourth-order valence-corrected chi connectivity index (χ4v) is 1.91. The van der Waals surface area contributed by atoms with Gasteiger partial charge >= 0.3 is 0 Å². The molecule has 0 saturated carbocycles. The van der Waals surface area contributed by atoms with Crippen LogP contribution in [0.25, 0.3) is 0 Å². The Hall–Kier alpha value is -0.0800. The van der Waals surface area contributed by atoms with Gasteiger partial charge in [0.15, 0.2) is 0 Å². The van der Waals surface area contributed by atoms with Gasteiger partial charge < -0.3 is 10.5 Å². The smallest absolute Gasteiger partial charge is 0.0581 e. The fraction of sp³-hybridized carbons (Fsp3) is 1.00. The Kier molecular flexibility index (Phi) is 2.55. The zero-order valence-corrected chi connectivity index (χ0v) is 7.76. The monoisotopic (exact) mass is 157 g/mol. The van der Waals surface area contributed by atoms with Crippen LogP contribution in [-0.2, 0) is 4.74 Å². The molecule has 0 radical (unpaired) electrons. The van der Waals surface area contributed by atoms with Gasteiger partial charge in [-0.2, -0.15) is 0 Å². The van der Waals surface area contributed by atoms with Crippen LogP contribution in [0.3, 0.4) is 0 Å². The third-order valence-corrected chi connectivity index (χ3v) is 2.91. The molecule has 2 heteroatoms. The van der Waals surface area contributed by atoms with Crippen molar-refractivity contribution in [2.24, 2.45) is 17.1 Å². The molecule has 1 fully saturated rings. The summed E-state index contributed by atoms with van der Waals surface area (Å²) in [6.07, 6.45) is 1.57. The molecule has 11 heavy (non-hydrogen) atoms. The van der Waals surface area contributed by atoms with E-state index in [1.807, 2.05) is 0 Å². The number of nitrogens with two attached hydrogens (primary N) is 1. The van der Waals surface area contributed by atoms with E-state index in [2.05, 4.69) is 20.8 Å². The zero-order chi connectivity index (χ0) is 8.48. The van der Waals surface area contributed by atoms with Crippen molar-refractivity contribution in [3.8, 4) is 0 Å². The lowest BCUT2D eigenvalue weighted by molar-refractivity contribution is 0.0694. The standard InChI is InChI=1S/C9H19NO/c1-7-8(4-5-11-7)9(2,3)6-10/h7-8H,4-6,10H2,1-3H3. The second-order valence-corrected chi connectivity index (χ2v) is 4.16. The maximum absolute atomic E-state index is 5.69. The summed E-state index contributed by atoms with van der Waals surface area (Å²) < 4.78 is 5.50. The second kappa shape index (κ2) is 3.11. The molecule has 0 bridgehead atoms. The molecule has 1 aliphatic heterocycles. The van der Waals surface area contributed by atoms with Gasteiger partial charge in [0.25, 0.3) is 0 Å². The van der Waals surface area contributed by atoms with Crippen molar-refractivity contribution in [3.63, 3.8) is 0 Å². The third kappa shape index (κ3) is 1.74. The van der Waals surface area contributed by atoms with Crippen LogP contribution in [0.2, 0.25) is 0 Å². The molecule has 0 aromatic rings. The molecule has 0 amide bonds. The summed E-state index contributed by atoms with van der Waals surface area (Å²) in [5, 5.41) is 0. The Balaban J connectivity index is 2.58. The Morgan fingerprint density at radius 1 is 1.55 bits per heavy atom. The summed E-state index contributed by atoms with van der Waals surface area (Å²) in [6.45, 7) is 8.27. The maximum Gasteiger partial charge on any atom is 0.0581 e. The van der Waals surface area contributed by atoms with Gasteiger partial charge in [0, 0.05) is 6.61 Å². The van der Waals surface area contributed by atoms with Crippen molar-refractivity contribution in [1.82, 2.24) is 0 Å². The average Bonchev–Trinajstić information content (AvgIpc) is 2.36. The lowest BCUT2D eigenvalue weighted by Gasteiger charge is -2.31. The van der Waals surface area contributed by atoms with Crippen molar-refractivity contribution >= 4 is 0 Å². The van der Waals surface area contributed by atoms with Crippen LogP contribution >= 0.6 is 0 Å². The van der Waals surface area contributed by atoms with Gasteiger partial charge in [0.05, 0.1) is 6.10 Å². The second-order valence-electron chi connectivity index (χ2n) is 4.16. The van der Waals surface area contributed by atoms with E-state index < -0.39 is 0 Å². The molecule has 1 saturated heterocycles. The van der Waals surface area contributed by atoms with Crippen LogP contribution < -0.4 is 5.73 Å². The molecule has 2 N–H and O–H groups in total. The Morgan fingerprint density at radius 3 is 2.55 bits per heavy atom. The van der Waals surface area contributed by atoms with Gasteiger partial charge in [0.2, 0.25) is 0 Å². The van der Waals surface area contributed by atoms with Gasteiger partial charge in [0.1, 0.15) is 0 Å². The quantitative estimate of drug-likeness (QED) is 0.657. The first-order chi connectivity index (χ1) is 5.08. The predicted octanol–water partition coefficient (Wildman–Crippen LogP) is 1.40. The topological polar surface area (TPSA) is 35.2 Å². The molecule has 0 aliphatic carbocycles. The summed E-state index contributed by atoms with van der Waals surface area (Å²) >= 11 is 0. The van der Waals surface area contributed by atoms with Crippen molar-refractivity contribution in [1.29, 1.82) is 0 Å². The Labute approximate surface area is 69.1 Å². The van der Waals surface area contributed by atoms with E-state index in [0.717, 1.165) is 13.2 Å². The highest BCUT2D eigenvalue weighted by Gasteiger charge is 2.36. The van der Waals surface area contributed by atoms with Gasteiger partial charge in [-0.15, -0.1) is 0 Å². The number of hydrogen-bond donors (Lipinski definition) is 1. The predicted molar refractivity (Wildman–Crippen MR) is 46.4 cm³/mol. The van der Waals surface area contributed by atoms with E-state index in [-0.39, 0.29) is 5.41 Å².